The van der Waals surface area contributed by atoms with E-state index in [-0.39, 0.29) is 23.4 Å². The summed E-state index contributed by atoms with van der Waals surface area (Å²) < 4.78 is 0. The molecule has 0 heterocycles. The molecule has 3 heteroatoms. The molecule has 0 radical (unpaired) electrons. The Hall–Kier alpha value is -1.35. The van der Waals surface area contributed by atoms with Gasteiger partial charge in [-0.3, -0.25) is 4.79 Å². The van der Waals surface area contributed by atoms with E-state index in [2.05, 4.69) is 48.7 Å². The van der Waals surface area contributed by atoms with Crippen LogP contribution < -0.4 is 10.6 Å². The Labute approximate surface area is 122 Å². The zero-order chi connectivity index (χ0) is 14.8. The first kappa shape index (κ1) is 15.0. The normalized spacial score (nSPS) is 20.6. The van der Waals surface area contributed by atoms with Crippen molar-refractivity contribution in [2.45, 2.75) is 52.6 Å². The lowest BCUT2D eigenvalue weighted by Gasteiger charge is -2.40. The molecule has 1 aliphatic rings. The van der Waals surface area contributed by atoms with Crippen molar-refractivity contribution in [3.63, 3.8) is 0 Å². The highest BCUT2D eigenvalue weighted by Gasteiger charge is 2.35. The Morgan fingerprint density at radius 3 is 2.75 bits per heavy atom. The maximum Gasteiger partial charge on any atom is 0.234 e. The molecule has 0 fully saturated rings. The first-order valence-electron chi connectivity index (χ1n) is 7.51. The number of hydrogen-bond donors (Lipinski definition) is 2. The number of carbonyl (C=O) groups is 1. The van der Waals surface area contributed by atoms with Crippen molar-refractivity contribution in [1.29, 1.82) is 0 Å². The smallest absolute Gasteiger partial charge is 0.234 e. The second-order valence-corrected chi connectivity index (χ2v) is 6.72. The third-order valence-electron chi connectivity index (χ3n) is 4.10. The molecule has 20 heavy (non-hydrogen) atoms. The Balaban J connectivity index is 2.10. The van der Waals surface area contributed by atoms with Crippen LogP contribution in [0.25, 0.3) is 0 Å². The van der Waals surface area contributed by atoms with Crippen molar-refractivity contribution in [2.75, 3.05) is 6.54 Å². The number of nitrogens with one attached hydrogen (secondary N) is 2. The van der Waals surface area contributed by atoms with Crippen LogP contribution in [-0.2, 0) is 11.2 Å². The summed E-state index contributed by atoms with van der Waals surface area (Å²) in [6, 6.07) is 9.01. The van der Waals surface area contributed by atoms with Crippen LogP contribution in [0.3, 0.4) is 0 Å². The predicted molar refractivity (Wildman–Crippen MR) is 82.6 cm³/mol. The zero-order valence-corrected chi connectivity index (χ0v) is 13.0. The van der Waals surface area contributed by atoms with Gasteiger partial charge in [0.1, 0.15) is 0 Å². The summed E-state index contributed by atoms with van der Waals surface area (Å²) >= 11 is 0. The van der Waals surface area contributed by atoms with Gasteiger partial charge >= 0.3 is 0 Å². The lowest BCUT2D eigenvalue weighted by molar-refractivity contribution is -0.121. The van der Waals surface area contributed by atoms with Crippen LogP contribution in [-0.4, -0.2) is 18.5 Å². The summed E-state index contributed by atoms with van der Waals surface area (Å²) in [5.74, 6) is 0.0684. The number of aryl methyl sites for hydroxylation is 1. The van der Waals surface area contributed by atoms with Gasteiger partial charge in [0.25, 0.3) is 0 Å². The molecule has 0 saturated carbocycles. The van der Waals surface area contributed by atoms with Gasteiger partial charge in [0.2, 0.25) is 5.91 Å². The lowest BCUT2D eigenvalue weighted by atomic mass is 9.70. The van der Waals surface area contributed by atoms with E-state index in [1.165, 1.54) is 11.1 Å². The summed E-state index contributed by atoms with van der Waals surface area (Å²) in [7, 11) is 0. The van der Waals surface area contributed by atoms with Gasteiger partial charge in [-0.05, 0) is 43.2 Å². The SMILES string of the molecule is CC(C)NC(=O)CNC1c2ccccc2CCC1(C)C. The van der Waals surface area contributed by atoms with Crippen molar-refractivity contribution in [3.05, 3.63) is 35.4 Å². The number of benzene rings is 1. The molecule has 1 amide bonds. The van der Waals surface area contributed by atoms with E-state index in [1.807, 2.05) is 13.8 Å². The molecule has 0 aromatic heterocycles. The molecule has 2 rings (SSSR count). The average Bonchev–Trinajstić information content (AvgIpc) is 2.36. The van der Waals surface area contributed by atoms with Crippen LogP contribution in [0.2, 0.25) is 0 Å². The van der Waals surface area contributed by atoms with E-state index in [9.17, 15) is 4.79 Å². The fraction of sp³-hybridized carbons (Fsp3) is 0.588. The standard InChI is InChI=1S/C17H26N2O/c1-12(2)19-15(20)11-18-16-14-8-6-5-7-13(14)9-10-17(16,3)4/h5-8,12,16,18H,9-11H2,1-4H3,(H,19,20). The minimum Gasteiger partial charge on any atom is -0.353 e. The van der Waals surface area contributed by atoms with Crippen molar-refractivity contribution in [1.82, 2.24) is 10.6 Å². The molecular weight excluding hydrogens is 248 g/mol. The minimum absolute atomic E-state index is 0.0684. The predicted octanol–water partition coefficient (Wildman–Crippen LogP) is 2.81. The molecule has 3 nitrogen and oxygen atoms in total. The number of carbonyl (C=O) groups excluding carboxylic acids is 1. The highest BCUT2D eigenvalue weighted by molar-refractivity contribution is 5.78. The molecule has 1 aliphatic carbocycles. The van der Waals surface area contributed by atoms with Gasteiger partial charge in [0.15, 0.2) is 0 Å². The zero-order valence-electron chi connectivity index (χ0n) is 13.0. The third-order valence-corrected chi connectivity index (χ3v) is 4.10. The van der Waals surface area contributed by atoms with Crippen LogP contribution in [0.1, 0.15) is 51.3 Å². The van der Waals surface area contributed by atoms with Crippen LogP contribution >= 0.6 is 0 Å². The van der Waals surface area contributed by atoms with E-state index in [4.69, 9.17) is 0 Å². The highest BCUT2D eigenvalue weighted by Crippen LogP contribution is 2.43. The lowest BCUT2D eigenvalue weighted by Crippen LogP contribution is -2.44. The maximum atomic E-state index is 11.8. The van der Waals surface area contributed by atoms with Crippen molar-refractivity contribution in [2.24, 2.45) is 5.41 Å². The van der Waals surface area contributed by atoms with E-state index in [0.717, 1.165) is 12.8 Å². The minimum atomic E-state index is 0.0684. The molecule has 0 spiro atoms. The fourth-order valence-electron chi connectivity index (χ4n) is 3.02. The Kier molecular flexibility index (Phi) is 4.48. The average molecular weight is 274 g/mol. The van der Waals surface area contributed by atoms with Gasteiger partial charge in [-0.1, -0.05) is 38.1 Å². The fourth-order valence-corrected chi connectivity index (χ4v) is 3.02. The summed E-state index contributed by atoms with van der Waals surface area (Å²) in [4.78, 5) is 11.8. The highest BCUT2D eigenvalue weighted by atomic mass is 16.1. The molecule has 110 valence electrons. The molecule has 1 aromatic rings. The molecule has 0 aliphatic heterocycles. The van der Waals surface area contributed by atoms with E-state index < -0.39 is 0 Å². The molecule has 2 N–H and O–H groups in total. The van der Waals surface area contributed by atoms with Gasteiger partial charge in [-0.2, -0.15) is 0 Å². The van der Waals surface area contributed by atoms with E-state index >= 15 is 0 Å². The Morgan fingerprint density at radius 2 is 2.05 bits per heavy atom. The number of amides is 1. The second kappa shape index (κ2) is 5.96. The maximum absolute atomic E-state index is 11.8. The first-order chi connectivity index (χ1) is 9.40. The largest absolute Gasteiger partial charge is 0.353 e. The third kappa shape index (κ3) is 3.40. The van der Waals surface area contributed by atoms with Crippen molar-refractivity contribution >= 4 is 5.91 Å². The number of rotatable bonds is 4. The van der Waals surface area contributed by atoms with E-state index in [1.54, 1.807) is 0 Å². The molecular formula is C17H26N2O. The van der Waals surface area contributed by atoms with E-state index in [0.29, 0.717) is 6.54 Å². The van der Waals surface area contributed by atoms with Gasteiger partial charge in [-0.25, -0.2) is 0 Å². The van der Waals surface area contributed by atoms with Crippen LogP contribution in [0, 0.1) is 5.41 Å². The Morgan fingerprint density at radius 1 is 1.35 bits per heavy atom. The van der Waals surface area contributed by atoms with Crippen molar-refractivity contribution in [3.8, 4) is 0 Å². The molecule has 1 unspecified atom stereocenters. The van der Waals surface area contributed by atoms with Crippen molar-refractivity contribution < 1.29 is 4.79 Å². The molecule has 1 atom stereocenters. The van der Waals surface area contributed by atoms with Gasteiger partial charge in [-0.15, -0.1) is 0 Å². The molecule has 0 saturated heterocycles. The van der Waals surface area contributed by atoms with Gasteiger partial charge in [0.05, 0.1) is 6.54 Å². The van der Waals surface area contributed by atoms with Crippen LogP contribution in [0.4, 0.5) is 0 Å². The van der Waals surface area contributed by atoms with Gasteiger partial charge in [0, 0.05) is 12.1 Å². The summed E-state index contributed by atoms with van der Waals surface area (Å²) in [5, 5.41) is 6.39. The summed E-state index contributed by atoms with van der Waals surface area (Å²) in [5.41, 5.74) is 2.93. The summed E-state index contributed by atoms with van der Waals surface area (Å²) in [6.07, 6.45) is 2.27. The van der Waals surface area contributed by atoms with Crippen LogP contribution in [0.15, 0.2) is 24.3 Å². The van der Waals surface area contributed by atoms with Gasteiger partial charge < -0.3 is 10.6 Å². The van der Waals surface area contributed by atoms with Crippen LogP contribution in [0.5, 0.6) is 0 Å². The quantitative estimate of drug-likeness (QED) is 0.886. The topological polar surface area (TPSA) is 41.1 Å². The first-order valence-corrected chi connectivity index (χ1v) is 7.51. The second-order valence-electron chi connectivity index (χ2n) is 6.72. The monoisotopic (exact) mass is 274 g/mol. The number of fused-ring (bicyclic) bond motifs is 1. The molecule has 1 aromatic carbocycles. The molecule has 0 bridgehead atoms. The summed E-state index contributed by atoms with van der Waals surface area (Å²) in [6.45, 7) is 8.90. The Bertz CT molecular complexity index is 480. The number of hydrogen-bond acceptors (Lipinski definition) is 2.